The third-order valence-electron chi connectivity index (χ3n) is 6.28. The first-order chi connectivity index (χ1) is 14.3. The van der Waals surface area contributed by atoms with Crippen LogP contribution in [0.15, 0.2) is 18.2 Å². The van der Waals surface area contributed by atoms with Crippen molar-refractivity contribution in [3.63, 3.8) is 0 Å². The molecular weight excluding hydrogens is 364 g/mol. The fourth-order valence-electron chi connectivity index (χ4n) is 4.59. The number of likely N-dealkylation sites (tertiary alicyclic amines) is 1. The molecule has 6 nitrogen and oxygen atoms in total. The van der Waals surface area contributed by atoms with Gasteiger partial charge in [-0.15, -0.1) is 0 Å². The normalized spacial score (nSPS) is 18.4. The van der Waals surface area contributed by atoms with Crippen LogP contribution in [-0.2, 0) is 11.3 Å². The smallest absolute Gasteiger partial charge is 0.126 e. The number of pyridine rings is 1. The lowest BCUT2D eigenvalue weighted by molar-refractivity contribution is 0.0856. The second-order valence-corrected chi connectivity index (χ2v) is 8.14. The van der Waals surface area contributed by atoms with E-state index in [1.807, 2.05) is 7.05 Å². The summed E-state index contributed by atoms with van der Waals surface area (Å²) < 4.78 is 11.3. The number of methoxy groups -OCH3 is 1. The van der Waals surface area contributed by atoms with Crippen molar-refractivity contribution in [3.8, 4) is 5.75 Å². The predicted molar refractivity (Wildman–Crippen MR) is 118 cm³/mol. The molecular formula is C23H34N4O2. The Balaban J connectivity index is 1.56. The summed E-state index contributed by atoms with van der Waals surface area (Å²) in [5.41, 5.74) is 3.56. The molecule has 0 spiro atoms. The van der Waals surface area contributed by atoms with E-state index in [0.717, 1.165) is 62.8 Å². The van der Waals surface area contributed by atoms with Crippen LogP contribution >= 0.6 is 0 Å². The average Bonchev–Trinajstić information content (AvgIpc) is 3.29. The maximum Gasteiger partial charge on any atom is 0.126 e. The summed E-state index contributed by atoms with van der Waals surface area (Å²) in [5, 5.41) is 8.03. The SMILES string of the molecule is CNc1cc(C2CCOCC2)c2cc(OC)c(CNCCN3CCCC3)cc2n1. The van der Waals surface area contributed by atoms with E-state index in [4.69, 9.17) is 14.5 Å². The molecule has 0 radical (unpaired) electrons. The van der Waals surface area contributed by atoms with E-state index in [2.05, 4.69) is 33.7 Å². The van der Waals surface area contributed by atoms with Gasteiger partial charge in [0.1, 0.15) is 11.6 Å². The van der Waals surface area contributed by atoms with Crippen molar-refractivity contribution in [2.45, 2.75) is 38.1 Å². The highest BCUT2D eigenvalue weighted by Gasteiger charge is 2.21. The number of benzene rings is 1. The van der Waals surface area contributed by atoms with E-state index in [9.17, 15) is 0 Å². The molecule has 3 heterocycles. The fourth-order valence-corrected chi connectivity index (χ4v) is 4.59. The number of rotatable bonds is 8. The van der Waals surface area contributed by atoms with Gasteiger partial charge in [0.25, 0.3) is 0 Å². The van der Waals surface area contributed by atoms with Gasteiger partial charge in [-0.2, -0.15) is 0 Å². The monoisotopic (exact) mass is 398 g/mol. The lowest BCUT2D eigenvalue weighted by atomic mass is 9.88. The summed E-state index contributed by atoms with van der Waals surface area (Å²) in [4.78, 5) is 7.38. The van der Waals surface area contributed by atoms with Crippen LogP contribution in [0.25, 0.3) is 10.9 Å². The van der Waals surface area contributed by atoms with Crippen LogP contribution in [0.3, 0.4) is 0 Å². The van der Waals surface area contributed by atoms with Gasteiger partial charge < -0.3 is 25.0 Å². The molecule has 6 heteroatoms. The molecule has 0 amide bonds. The van der Waals surface area contributed by atoms with Crippen molar-refractivity contribution >= 4 is 16.7 Å². The van der Waals surface area contributed by atoms with Crippen LogP contribution in [-0.4, -0.2) is 63.4 Å². The molecule has 4 rings (SSSR count). The molecule has 1 aromatic heterocycles. The summed E-state index contributed by atoms with van der Waals surface area (Å²) in [6.45, 7) is 7.06. The van der Waals surface area contributed by atoms with Gasteiger partial charge in [0.05, 0.1) is 12.6 Å². The van der Waals surface area contributed by atoms with Crippen molar-refractivity contribution in [1.82, 2.24) is 15.2 Å². The zero-order valence-electron chi connectivity index (χ0n) is 17.8. The zero-order chi connectivity index (χ0) is 20.1. The third kappa shape index (κ3) is 4.82. The lowest BCUT2D eigenvalue weighted by Gasteiger charge is -2.24. The number of nitrogens with one attached hydrogen (secondary N) is 2. The highest BCUT2D eigenvalue weighted by atomic mass is 16.5. The molecule has 0 atom stereocenters. The highest BCUT2D eigenvalue weighted by molar-refractivity contribution is 5.87. The molecule has 0 saturated carbocycles. The van der Waals surface area contributed by atoms with Gasteiger partial charge in [0, 0.05) is 50.8 Å². The number of ether oxygens (including phenoxy) is 2. The van der Waals surface area contributed by atoms with Crippen LogP contribution < -0.4 is 15.4 Å². The largest absolute Gasteiger partial charge is 0.496 e. The van der Waals surface area contributed by atoms with Crippen LogP contribution in [0.1, 0.15) is 42.7 Å². The number of hydrogen-bond donors (Lipinski definition) is 2. The van der Waals surface area contributed by atoms with E-state index < -0.39 is 0 Å². The minimum Gasteiger partial charge on any atom is -0.496 e. The third-order valence-corrected chi connectivity index (χ3v) is 6.28. The maximum absolute atomic E-state index is 5.76. The minimum atomic E-state index is 0.510. The second-order valence-electron chi connectivity index (χ2n) is 8.14. The summed E-state index contributed by atoms with van der Waals surface area (Å²) in [6.07, 6.45) is 4.80. The molecule has 0 aliphatic carbocycles. The van der Waals surface area contributed by atoms with Crippen molar-refractivity contribution in [1.29, 1.82) is 0 Å². The first-order valence-electron chi connectivity index (χ1n) is 11.0. The summed E-state index contributed by atoms with van der Waals surface area (Å²) >= 11 is 0. The number of aromatic nitrogens is 1. The molecule has 2 saturated heterocycles. The Hall–Kier alpha value is -1.89. The molecule has 2 aliphatic rings. The Morgan fingerprint density at radius 3 is 2.69 bits per heavy atom. The molecule has 0 bridgehead atoms. The lowest BCUT2D eigenvalue weighted by Crippen LogP contribution is -2.29. The molecule has 2 N–H and O–H groups in total. The minimum absolute atomic E-state index is 0.510. The Labute approximate surface area is 174 Å². The van der Waals surface area contributed by atoms with Crippen LogP contribution in [0, 0.1) is 0 Å². The number of anilines is 1. The van der Waals surface area contributed by atoms with Crippen molar-refractivity contribution < 1.29 is 9.47 Å². The fraction of sp³-hybridized carbons (Fsp3) is 0.609. The quantitative estimate of drug-likeness (QED) is 0.665. The van der Waals surface area contributed by atoms with Gasteiger partial charge in [0.15, 0.2) is 0 Å². The van der Waals surface area contributed by atoms with Crippen molar-refractivity contribution in [2.75, 3.05) is 58.9 Å². The van der Waals surface area contributed by atoms with Gasteiger partial charge in [-0.25, -0.2) is 4.98 Å². The zero-order valence-corrected chi connectivity index (χ0v) is 17.8. The Kier molecular flexibility index (Phi) is 6.85. The van der Waals surface area contributed by atoms with Gasteiger partial charge in [-0.05, 0) is 68.5 Å². The van der Waals surface area contributed by atoms with Gasteiger partial charge >= 0.3 is 0 Å². The molecule has 158 valence electrons. The van der Waals surface area contributed by atoms with E-state index in [1.54, 1.807) is 7.11 Å². The number of hydrogen-bond acceptors (Lipinski definition) is 6. The van der Waals surface area contributed by atoms with E-state index in [0.29, 0.717) is 5.92 Å². The molecule has 0 unspecified atom stereocenters. The first kappa shape index (κ1) is 20.4. The Morgan fingerprint density at radius 1 is 1.17 bits per heavy atom. The van der Waals surface area contributed by atoms with Crippen molar-refractivity contribution in [3.05, 3.63) is 29.3 Å². The number of nitrogens with zero attached hydrogens (tertiary/aromatic N) is 2. The van der Waals surface area contributed by atoms with Crippen LogP contribution in [0.5, 0.6) is 5.75 Å². The van der Waals surface area contributed by atoms with E-state index in [1.165, 1.54) is 42.4 Å². The van der Waals surface area contributed by atoms with E-state index >= 15 is 0 Å². The molecule has 2 aromatic rings. The van der Waals surface area contributed by atoms with Gasteiger partial charge in [-0.1, -0.05) is 0 Å². The topological polar surface area (TPSA) is 58.6 Å². The van der Waals surface area contributed by atoms with Gasteiger partial charge in [0.2, 0.25) is 0 Å². The summed E-state index contributed by atoms with van der Waals surface area (Å²) in [7, 11) is 3.70. The van der Waals surface area contributed by atoms with E-state index in [-0.39, 0.29) is 0 Å². The predicted octanol–water partition coefficient (Wildman–Crippen LogP) is 3.36. The van der Waals surface area contributed by atoms with Crippen LogP contribution in [0.4, 0.5) is 5.82 Å². The Morgan fingerprint density at radius 2 is 1.97 bits per heavy atom. The molecule has 1 aromatic carbocycles. The molecule has 29 heavy (non-hydrogen) atoms. The average molecular weight is 399 g/mol. The Bertz CT molecular complexity index is 814. The summed E-state index contributed by atoms with van der Waals surface area (Å²) in [6, 6.07) is 6.58. The highest BCUT2D eigenvalue weighted by Crippen LogP contribution is 2.36. The van der Waals surface area contributed by atoms with Crippen molar-refractivity contribution in [2.24, 2.45) is 0 Å². The second kappa shape index (κ2) is 9.74. The maximum atomic E-state index is 5.76. The molecule has 2 fully saturated rings. The standard InChI is InChI=1S/C23H34N4O2/c1-24-23-15-19(17-5-11-29-12-6-17)20-14-22(28-2)18(13-21(20)26-23)16-25-7-10-27-8-3-4-9-27/h13-15,17,25H,3-12,16H2,1-2H3,(H,24,26). The number of fused-ring (bicyclic) bond motifs is 1. The van der Waals surface area contributed by atoms with Crippen LogP contribution in [0.2, 0.25) is 0 Å². The molecule has 2 aliphatic heterocycles. The first-order valence-corrected chi connectivity index (χ1v) is 11.0. The van der Waals surface area contributed by atoms with Gasteiger partial charge in [-0.3, -0.25) is 0 Å². The summed E-state index contributed by atoms with van der Waals surface area (Å²) in [5.74, 6) is 2.38.